The van der Waals surface area contributed by atoms with Gasteiger partial charge in [-0.05, 0) is 24.6 Å². The highest BCUT2D eigenvalue weighted by Gasteiger charge is 2.03. The van der Waals surface area contributed by atoms with Crippen LogP contribution in [0.3, 0.4) is 0 Å². The largest absolute Gasteiger partial charge is 0.397 e. The van der Waals surface area contributed by atoms with E-state index in [-0.39, 0.29) is 5.69 Å². The Hall–Kier alpha value is -2.22. The van der Waals surface area contributed by atoms with Crippen LogP contribution in [0.25, 0.3) is 0 Å². The van der Waals surface area contributed by atoms with Gasteiger partial charge in [0.25, 0.3) is 0 Å². The first-order valence-electron chi connectivity index (χ1n) is 3.75. The highest BCUT2D eigenvalue weighted by Crippen LogP contribution is 2.30. The zero-order valence-corrected chi connectivity index (χ0v) is 7.44. The predicted octanol–water partition coefficient (Wildman–Crippen LogP) is 1.51. The van der Waals surface area contributed by atoms with Gasteiger partial charge in [-0.1, -0.05) is 0 Å². The maximum absolute atomic E-state index is 10.0. The molecule has 1 rings (SSSR count). The van der Waals surface area contributed by atoms with E-state index in [0.717, 1.165) is 5.56 Å². The standard InChI is InChI=1S/C9H7N3O2/c1-6-2-7(10)9(12-5-14)3-8(6)11-4-13/h2-3H,10H2,1H3. The Kier molecular flexibility index (Phi) is 2.92. The topological polar surface area (TPSA) is 84.9 Å². The number of nitrogens with two attached hydrogens (primary N) is 1. The average Bonchev–Trinajstić information content (AvgIpc) is 2.14. The number of carbonyl (C=O) groups excluding carboxylic acids is 2. The molecule has 2 N–H and O–H groups in total. The molecule has 0 fully saturated rings. The van der Waals surface area contributed by atoms with Crippen molar-refractivity contribution in [2.45, 2.75) is 6.92 Å². The van der Waals surface area contributed by atoms with Crippen molar-refractivity contribution in [3.63, 3.8) is 0 Å². The molecule has 14 heavy (non-hydrogen) atoms. The van der Waals surface area contributed by atoms with E-state index in [1.54, 1.807) is 13.0 Å². The molecule has 70 valence electrons. The van der Waals surface area contributed by atoms with E-state index in [4.69, 9.17) is 5.73 Å². The van der Waals surface area contributed by atoms with Gasteiger partial charge in [0.1, 0.15) is 5.69 Å². The first kappa shape index (κ1) is 9.86. The van der Waals surface area contributed by atoms with E-state index in [1.165, 1.54) is 18.2 Å². The molecule has 1 aromatic rings. The van der Waals surface area contributed by atoms with Gasteiger partial charge < -0.3 is 5.73 Å². The van der Waals surface area contributed by atoms with Crippen molar-refractivity contribution in [3.8, 4) is 0 Å². The molecule has 0 amide bonds. The monoisotopic (exact) mass is 189 g/mol. The van der Waals surface area contributed by atoms with E-state index in [2.05, 4.69) is 9.98 Å². The summed E-state index contributed by atoms with van der Waals surface area (Å²) in [5.74, 6) is 0. The maximum Gasteiger partial charge on any atom is 0.240 e. The second-order valence-corrected chi connectivity index (χ2v) is 2.60. The van der Waals surface area contributed by atoms with Crippen LogP contribution in [0, 0.1) is 6.92 Å². The summed E-state index contributed by atoms with van der Waals surface area (Å²) in [5, 5.41) is 0. The highest BCUT2D eigenvalue weighted by molar-refractivity contribution is 5.73. The Labute approximate surface area is 80.0 Å². The molecule has 0 spiro atoms. The smallest absolute Gasteiger partial charge is 0.240 e. The fourth-order valence-electron chi connectivity index (χ4n) is 1.02. The van der Waals surface area contributed by atoms with Gasteiger partial charge in [0, 0.05) is 0 Å². The maximum atomic E-state index is 10.0. The molecule has 0 aromatic heterocycles. The van der Waals surface area contributed by atoms with Crippen LogP contribution in [0.2, 0.25) is 0 Å². The number of rotatable bonds is 2. The number of aryl methyl sites for hydroxylation is 1. The lowest BCUT2D eigenvalue weighted by Gasteiger charge is -2.02. The van der Waals surface area contributed by atoms with Gasteiger partial charge in [-0.25, -0.2) is 9.59 Å². The number of isocyanates is 2. The van der Waals surface area contributed by atoms with Crippen molar-refractivity contribution in [2.24, 2.45) is 9.98 Å². The van der Waals surface area contributed by atoms with E-state index in [1.807, 2.05) is 0 Å². The number of hydrogen-bond donors (Lipinski definition) is 1. The third kappa shape index (κ3) is 1.93. The number of aliphatic imine (C=N–C) groups is 2. The summed E-state index contributed by atoms with van der Waals surface area (Å²) in [7, 11) is 0. The van der Waals surface area contributed by atoms with E-state index in [0.29, 0.717) is 11.4 Å². The summed E-state index contributed by atoms with van der Waals surface area (Å²) in [5.41, 5.74) is 7.26. The van der Waals surface area contributed by atoms with Crippen LogP contribution in [0.4, 0.5) is 17.1 Å². The van der Waals surface area contributed by atoms with Gasteiger partial charge in [-0.3, -0.25) is 0 Å². The number of hydrogen-bond acceptors (Lipinski definition) is 5. The van der Waals surface area contributed by atoms with E-state index < -0.39 is 0 Å². The summed E-state index contributed by atoms with van der Waals surface area (Å²) in [6.45, 7) is 1.74. The average molecular weight is 189 g/mol. The van der Waals surface area contributed by atoms with Gasteiger partial charge in [0.15, 0.2) is 0 Å². The molecule has 0 aliphatic heterocycles. The number of nitrogens with zero attached hydrogens (tertiary/aromatic N) is 2. The highest BCUT2D eigenvalue weighted by atomic mass is 16.1. The Morgan fingerprint density at radius 1 is 1.14 bits per heavy atom. The summed E-state index contributed by atoms with van der Waals surface area (Å²) in [6.07, 6.45) is 2.78. The minimum Gasteiger partial charge on any atom is -0.397 e. The lowest BCUT2D eigenvalue weighted by atomic mass is 10.1. The van der Waals surface area contributed by atoms with Crippen molar-refractivity contribution in [2.75, 3.05) is 5.73 Å². The first-order valence-corrected chi connectivity index (χ1v) is 3.75. The molecular weight excluding hydrogens is 182 g/mol. The van der Waals surface area contributed by atoms with Crippen LogP contribution >= 0.6 is 0 Å². The predicted molar refractivity (Wildman–Crippen MR) is 51.2 cm³/mol. The Bertz CT molecular complexity index is 416. The molecule has 0 atom stereocenters. The summed E-state index contributed by atoms with van der Waals surface area (Å²) >= 11 is 0. The quantitative estimate of drug-likeness (QED) is 0.434. The molecule has 1 aromatic carbocycles. The second kappa shape index (κ2) is 4.14. The zero-order valence-electron chi connectivity index (χ0n) is 7.44. The SMILES string of the molecule is Cc1cc(N)c(N=C=O)cc1N=C=O. The summed E-state index contributed by atoms with van der Waals surface area (Å²) in [6, 6.07) is 3.01. The van der Waals surface area contributed by atoms with Crippen LogP contribution in [-0.2, 0) is 9.59 Å². The van der Waals surface area contributed by atoms with Crippen LogP contribution in [-0.4, -0.2) is 12.2 Å². The Balaban J connectivity index is 3.40. The van der Waals surface area contributed by atoms with Crippen molar-refractivity contribution < 1.29 is 9.59 Å². The van der Waals surface area contributed by atoms with Crippen LogP contribution in [0.1, 0.15) is 5.56 Å². The summed E-state index contributed by atoms with van der Waals surface area (Å²) < 4.78 is 0. The molecule has 0 unspecified atom stereocenters. The van der Waals surface area contributed by atoms with Crippen molar-refractivity contribution in [3.05, 3.63) is 17.7 Å². The number of benzene rings is 1. The lowest BCUT2D eigenvalue weighted by Crippen LogP contribution is -1.87. The number of nitrogen functional groups attached to an aromatic ring is 1. The normalized spacial score (nSPS) is 8.64. The van der Waals surface area contributed by atoms with Crippen LogP contribution in [0.5, 0.6) is 0 Å². The van der Waals surface area contributed by atoms with Crippen molar-refractivity contribution >= 4 is 29.2 Å². The third-order valence-corrected chi connectivity index (χ3v) is 1.68. The minimum absolute atomic E-state index is 0.250. The fourth-order valence-corrected chi connectivity index (χ4v) is 1.02. The van der Waals surface area contributed by atoms with Crippen LogP contribution in [0.15, 0.2) is 22.1 Å². The summed E-state index contributed by atoms with van der Waals surface area (Å²) in [4.78, 5) is 26.9. The third-order valence-electron chi connectivity index (χ3n) is 1.68. The Morgan fingerprint density at radius 2 is 1.71 bits per heavy atom. The van der Waals surface area contributed by atoms with Gasteiger partial charge in [0.05, 0.1) is 11.4 Å². The van der Waals surface area contributed by atoms with Gasteiger partial charge in [-0.2, -0.15) is 9.98 Å². The zero-order chi connectivity index (χ0) is 10.6. The molecule has 0 aliphatic rings. The van der Waals surface area contributed by atoms with Crippen LogP contribution < -0.4 is 5.73 Å². The van der Waals surface area contributed by atoms with E-state index in [9.17, 15) is 9.59 Å². The molecule has 5 nitrogen and oxygen atoms in total. The Morgan fingerprint density at radius 3 is 2.29 bits per heavy atom. The van der Waals surface area contributed by atoms with Crippen molar-refractivity contribution in [1.82, 2.24) is 0 Å². The van der Waals surface area contributed by atoms with Gasteiger partial charge in [0.2, 0.25) is 12.2 Å². The molecule has 0 bridgehead atoms. The van der Waals surface area contributed by atoms with Crippen molar-refractivity contribution in [1.29, 1.82) is 0 Å². The van der Waals surface area contributed by atoms with Gasteiger partial charge in [-0.15, -0.1) is 0 Å². The van der Waals surface area contributed by atoms with E-state index >= 15 is 0 Å². The molecule has 0 aliphatic carbocycles. The molecule has 0 saturated heterocycles. The first-order chi connectivity index (χ1) is 6.69. The minimum atomic E-state index is 0.250. The molecule has 0 radical (unpaired) electrons. The lowest BCUT2D eigenvalue weighted by molar-refractivity contribution is 0.565. The van der Waals surface area contributed by atoms with Gasteiger partial charge >= 0.3 is 0 Å². The fraction of sp³-hybridized carbons (Fsp3) is 0.111. The molecule has 0 saturated carbocycles. The molecule has 0 heterocycles. The molecule has 5 heteroatoms. The number of anilines is 1. The molecular formula is C9H7N3O2. The second-order valence-electron chi connectivity index (χ2n) is 2.60.